The first-order valence-corrected chi connectivity index (χ1v) is 6.23. The zero-order valence-electron chi connectivity index (χ0n) is 11.8. The molecule has 0 atom stereocenters. The third-order valence-electron chi connectivity index (χ3n) is 2.55. The second-order valence-corrected chi connectivity index (χ2v) is 4.02. The third-order valence-corrected chi connectivity index (χ3v) is 2.55. The summed E-state index contributed by atoms with van der Waals surface area (Å²) in [6.45, 7) is 13.2. The van der Waals surface area contributed by atoms with Crippen molar-refractivity contribution in [2.45, 2.75) is 27.2 Å². The van der Waals surface area contributed by atoms with Gasteiger partial charge >= 0.3 is 0 Å². The van der Waals surface area contributed by atoms with E-state index in [1.165, 1.54) is 16.7 Å². The Morgan fingerprint density at radius 3 is 2.33 bits per heavy atom. The van der Waals surface area contributed by atoms with E-state index >= 15 is 0 Å². The lowest BCUT2D eigenvalue weighted by Gasteiger charge is -2.08. The normalized spacial score (nSPS) is 17.2. The summed E-state index contributed by atoms with van der Waals surface area (Å²) < 4.78 is 0. The maximum atomic E-state index is 3.64. The van der Waals surface area contributed by atoms with Crippen LogP contribution in [0.3, 0.4) is 0 Å². The zero-order chi connectivity index (χ0) is 13.8. The van der Waals surface area contributed by atoms with Crippen LogP contribution in [0.1, 0.15) is 27.2 Å². The highest BCUT2D eigenvalue weighted by Gasteiger charge is 2.00. The summed E-state index contributed by atoms with van der Waals surface area (Å²) in [4.78, 5) is 0. The molecule has 0 saturated carbocycles. The van der Waals surface area contributed by atoms with Crippen LogP contribution in [-0.2, 0) is 0 Å². The summed E-state index contributed by atoms with van der Waals surface area (Å²) >= 11 is 0. The van der Waals surface area contributed by atoms with Crippen LogP contribution in [0.5, 0.6) is 0 Å². The average Bonchev–Trinajstić information content (AvgIpc) is 2.40. The number of allylic oxidation sites excluding steroid dienone is 12. The average molecular weight is 240 g/mol. The fourth-order valence-corrected chi connectivity index (χ4v) is 1.45. The van der Waals surface area contributed by atoms with Crippen molar-refractivity contribution >= 4 is 0 Å². The Hall–Kier alpha value is -1.82. The Morgan fingerprint density at radius 2 is 1.83 bits per heavy atom. The molecule has 0 aliphatic heterocycles. The van der Waals surface area contributed by atoms with Gasteiger partial charge in [-0.3, -0.25) is 0 Å². The Morgan fingerprint density at radius 1 is 1.17 bits per heavy atom. The molecule has 1 aliphatic rings. The highest BCUT2D eigenvalue weighted by molar-refractivity contribution is 5.42. The van der Waals surface area contributed by atoms with Crippen molar-refractivity contribution in [3.05, 3.63) is 84.6 Å². The number of rotatable bonds is 3. The summed E-state index contributed by atoms with van der Waals surface area (Å²) in [6.07, 6.45) is 19.2. The van der Waals surface area contributed by atoms with Crippen molar-refractivity contribution in [1.82, 2.24) is 0 Å². The van der Waals surface area contributed by atoms with Gasteiger partial charge in [-0.2, -0.15) is 0 Å². The lowest BCUT2D eigenvalue weighted by molar-refractivity contribution is 1.18. The minimum absolute atomic E-state index is 1.04. The fraction of sp³-hybridized carbons (Fsp3) is 0.222. The smallest absolute Gasteiger partial charge is 0.00916 e. The first-order valence-electron chi connectivity index (χ1n) is 6.23. The molecular formula is C18H24. The lowest BCUT2D eigenvalue weighted by Crippen LogP contribution is -1.89. The molecule has 0 heterocycles. The first-order chi connectivity index (χ1) is 8.67. The van der Waals surface area contributed by atoms with Gasteiger partial charge in [0, 0.05) is 0 Å². The van der Waals surface area contributed by atoms with Crippen molar-refractivity contribution in [3.8, 4) is 0 Å². The Labute approximate surface area is 112 Å². The van der Waals surface area contributed by atoms with Crippen molar-refractivity contribution < 1.29 is 0 Å². The van der Waals surface area contributed by atoms with E-state index < -0.39 is 0 Å². The topological polar surface area (TPSA) is 0 Å². The molecule has 0 aromatic carbocycles. The number of hydrogen-bond acceptors (Lipinski definition) is 0. The van der Waals surface area contributed by atoms with Gasteiger partial charge in [0.2, 0.25) is 0 Å². The van der Waals surface area contributed by atoms with Gasteiger partial charge in [-0.25, -0.2) is 0 Å². The van der Waals surface area contributed by atoms with Crippen molar-refractivity contribution in [1.29, 1.82) is 0 Å². The van der Waals surface area contributed by atoms with Gasteiger partial charge in [0.05, 0.1) is 0 Å². The van der Waals surface area contributed by atoms with Gasteiger partial charge in [0.1, 0.15) is 0 Å². The van der Waals surface area contributed by atoms with E-state index in [2.05, 4.69) is 57.4 Å². The van der Waals surface area contributed by atoms with Crippen LogP contribution in [0.15, 0.2) is 84.6 Å². The molecular weight excluding hydrogens is 216 g/mol. The van der Waals surface area contributed by atoms with Crippen LogP contribution in [-0.4, -0.2) is 0 Å². The lowest BCUT2D eigenvalue weighted by atomic mass is 9.97. The van der Waals surface area contributed by atoms with Crippen molar-refractivity contribution in [3.63, 3.8) is 0 Å². The van der Waals surface area contributed by atoms with E-state index in [1.807, 2.05) is 19.1 Å². The van der Waals surface area contributed by atoms with Crippen LogP contribution in [0.4, 0.5) is 0 Å². The van der Waals surface area contributed by atoms with E-state index in [0.29, 0.717) is 0 Å². The van der Waals surface area contributed by atoms with Crippen molar-refractivity contribution in [2.75, 3.05) is 0 Å². The summed E-state index contributed by atoms with van der Waals surface area (Å²) in [5, 5.41) is 0. The second-order valence-electron chi connectivity index (χ2n) is 4.02. The van der Waals surface area contributed by atoms with Gasteiger partial charge in [-0.05, 0) is 43.9 Å². The molecule has 0 spiro atoms. The molecule has 96 valence electrons. The molecule has 0 heteroatoms. The quantitative estimate of drug-likeness (QED) is 0.438. The summed E-state index contributed by atoms with van der Waals surface area (Å²) in [6, 6.07) is 0. The van der Waals surface area contributed by atoms with Crippen molar-refractivity contribution in [2.24, 2.45) is 0 Å². The minimum atomic E-state index is 1.04. The van der Waals surface area contributed by atoms with Gasteiger partial charge in [0.15, 0.2) is 0 Å². The monoisotopic (exact) mass is 240 g/mol. The maximum absolute atomic E-state index is 3.64. The minimum Gasteiger partial charge on any atom is -0.103 e. The SMILES string of the molecule is C=CC.C=C\C=C/C=C(C)/C(C)=C1/C=CC=CC1. The summed E-state index contributed by atoms with van der Waals surface area (Å²) in [7, 11) is 0. The molecule has 0 aromatic rings. The molecule has 0 radical (unpaired) electrons. The summed E-state index contributed by atoms with van der Waals surface area (Å²) in [5.41, 5.74) is 4.07. The third kappa shape index (κ3) is 6.70. The van der Waals surface area contributed by atoms with E-state index in [1.54, 1.807) is 12.2 Å². The van der Waals surface area contributed by atoms with Gasteiger partial charge in [0.25, 0.3) is 0 Å². The Balaban J connectivity index is 0.000000873. The molecule has 0 aromatic heterocycles. The predicted octanol–water partition coefficient (Wildman–Crippen LogP) is 5.70. The van der Waals surface area contributed by atoms with Gasteiger partial charge in [-0.15, -0.1) is 6.58 Å². The van der Waals surface area contributed by atoms with E-state index in [-0.39, 0.29) is 0 Å². The van der Waals surface area contributed by atoms with E-state index in [9.17, 15) is 0 Å². The molecule has 1 aliphatic carbocycles. The molecule has 0 unspecified atom stereocenters. The highest BCUT2D eigenvalue weighted by Crippen LogP contribution is 2.20. The first kappa shape index (κ1) is 16.2. The summed E-state index contributed by atoms with van der Waals surface area (Å²) in [5.74, 6) is 0. The zero-order valence-corrected chi connectivity index (χ0v) is 11.8. The molecule has 0 fully saturated rings. The molecule has 0 saturated heterocycles. The fourth-order valence-electron chi connectivity index (χ4n) is 1.45. The van der Waals surface area contributed by atoms with Crippen LogP contribution >= 0.6 is 0 Å². The van der Waals surface area contributed by atoms with Gasteiger partial charge < -0.3 is 0 Å². The van der Waals surface area contributed by atoms with Crippen LogP contribution < -0.4 is 0 Å². The largest absolute Gasteiger partial charge is 0.103 e. The van der Waals surface area contributed by atoms with Gasteiger partial charge in [-0.1, -0.05) is 61.3 Å². The molecule has 0 amide bonds. The predicted molar refractivity (Wildman–Crippen MR) is 84.6 cm³/mol. The highest BCUT2D eigenvalue weighted by atomic mass is 14.1. The second kappa shape index (κ2) is 10.3. The molecule has 18 heavy (non-hydrogen) atoms. The number of hydrogen-bond donors (Lipinski definition) is 0. The Bertz CT molecular complexity index is 409. The van der Waals surface area contributed by atoms with Crippen LogP contribution in [0, 0.1) is 0 Å². The Kier molecular flexibility index (Phi) is 9.30. The van der Waals surface area contributed by atoms with E-state index in [4.69, 9.17) is 0 Å². The van der Waals surface area contributed by atoms with Crippen LogP contribution in [0.25, 0.3) is 0 Å². The maximum Gasteiger partial charge on any atom is -0.00916 e. The van der Waals surface area contributed by atoms with Crippen LogP contribution in [0.2, 0.25) is 0 Å². The molecule has 1 rings (SSSR count). The van der Waals surface area contributed by atoms with E-state index in [0.717, 1.165) is 6.42 Å². The standard InChI is InChI=1S/C15H18.C3H6/c1-4-5-7-10-13(2)14(3)15-11-8-6-9-12-15;1-3-2/h4-11H,1,12H2,2-3H3;3H,1H2,2H3/b7-5-,13-10+,15-14-;. The molecule has 0 N–H and O–H groups in total. The molecule has 0 bridgehead atoms. The molecule has 0 nitrogen and oxygen atoms in total.